The lowest BCUT2D eigenvalue weighted by atomic mass is 10.2. The minimum Gasteiger partial charge on any atom is -0.399 e. The highest BCUT2D eigenvalue weighted by atomic mass is 16.5. The molecule has 1 amide bonds. The summed E-state index contributed by atoms with van der Waals surface area (Å²) in [5.74, 6) is -0.442. The Hall–Kier alpha value is -2.56. The highest BCUT2D eigenvalue weighted by Gasteiger charge is 2.10. The molecule has 4 N–H and O–H groups in total. The highest BCUT2D eigenvalue weighted by molar-refractivity contribution is 6.06. The molecule has 0 bridgehead atoms. The number of hydrogen-bond acceptors (Lipinski definition) is 6. The second-order valence-electron chi connectivity index (χ2n) is 5.51. The predicted molar refractivity (Wildman–Crippen MR) is 93.1 cm³/mol. The van der Waals surface area contributed by atoms with Gasteiger partial charge in [-0.05, 0) is 37.2 Å². The van der Waals surface area contributed by atoms with Gasteiger partial charge in [-0.15, -0.1) is 0 Å². The molecule has 0 aliphatic carbocycles. The number of nitrogens with zero attached hydrogens (tertiary/aromatic N) is 2. The lowest BCUT2D eigenvalue weighted by molar-refractivity contribution is -0.112. The summed E-state index contributed by atoms with van der Waals surface area (Å²) in [6.45, 7) is 5.18. The highest BCUT2D eigenvalue weighted by Crippen LogP contribution is 2.11. The van der Waals surface area contributed by atoms with Gasteiger partial charge in [-0.1, -0.05) is 0 Å². The maximum Gasteiger partial charge on any atom is 0.267 e. The van der Waals surface area contributed by atoms with Crippen molar-refractivity contribution in [3.63, 3.8) is 0 Å². The van der Waals surface area contributed by atoms with Crippen molar-refractivity contribution in [2.24, 2.45) is 0 Å². The van der Waals surface area contributed by atoms with E-state index in [1.54, 1.807) is 24.3 Å². The SMILES string of the molecule is N#C/C(=C/NCCCN1CCOCC1)C(=O)Nc1ccc(N)cc1. The Kier molecular flexibility index (Phi) is 7.08. The van der Waals surface area contributed by atoms with Gasteiger partial charge in [0.25, 0.3) is 5.91 Å². The largest absolute Gasteiger partial charge is 0.399 e. The summed E-state index contributed by atoms with van der Waals surface area (Å²) in [4.78, 5) is 14.4. The molecule has 7 heteroatoms. The molecule has 0 saturated carbocycles. The second-order valence-corrected chi connectivity index (χ2v) is 5.51. The van der Waals surface area contributed by atoms with Crippen LogP contribution >= 0.6 is 0 Å². The number of nitrogen functional groups attached to an aromatic ring is 1. The van der Waals surface area contributed by atoms with Gasteiger partial charge >= 0.3 is 0 Å². The number of nitrogens with two attached hydrogens (primary N) is 1. The van der Waals surface area contributed by atoms with E-state index in [0.717, 1.165) is 39.3 Å². The third-order valence-corrected chi connectivity index (χ3v) is 3.68. The quantitative estimate of drug-likeness (QED) is 0.297. The molecule has 1 heterocycles. The number of carbonyl (C=O) groups excluding carboxylic acids is 1. The van der Waals surface area contributed by atoms with Crippen LogP contribution in [0.1, 0.15) is 6.42 Å². The zero-order valence-electron chi connectivity index (χ0n) is 13.6. The summed E-state index contributed by atoms with van der Waals surface area (Å²) in [7, 11) is 0. The third-order valence-electron chi connectivity index (χ3n) is 3.68. The van der Waals surface area contributed by atoms with Gasteiger partial charge in [0.05, 0.1) is 13.2 Å². The molecule has 0 radical (unpaired) electrons. The van der Waals surface area contributed by atoms with E-state index in [9.17, 15) is 4.79 Å². The minimum atomic E-state index is -0.442. The fourth-order valence-electron chi connectivity index (χ4n) is 2.32. The molecule has 0 atom stereocenters. The van der Waals surface area contributed by atoms with Crippen LogP contribution in [-0.2, 0) is 9.53 Å². The molecular formula is C17H23N5O2. The van der Waals surface area contributed by atoms with Crippen molar-refractivity contribution in [1.82, 2.24) is 10.2 Å². The Balaban J connectivity index is 1.73. The first kappa shape index (κ1) is 17.8. The summed E-state index contributed by atoms with van der Waals surface area (Å²) < 4.78 is 5.30. The Morgan fingerprint density at radius 3 is 2.71 bits per heavy atom. The fraction of sp³-hybridized carbons (Fsp3) is 0.412. The number of benzene rings is 1. The van der Waals surface area contributed by atoms with Gasteiger partial charge in [0.1, 0.15) is 11.6 Å². The average molecular weight is 329 g/mol. The van der Waals surface area contributed by atoms with E-state index in [1.807, 2.05) is 6.07 Å². The maximum atomic E-state index is 12.0. The van der Waals surface area contributed by atoms with Crippen molar-refractivity contribution in [2.45, 2.75) is 6.42 Å². The Morgan fingerprint density at radius 1 is 1.33 bits per heavy atom. The van der Waals surface area contributed by atoms with Crippen LogP contribution in [0.25, 0.3) is 0 Å². The summed E-state index contributed by atoms with van der Waals surface area (Å²) in [5.41, 5.74) is 6.85. The lowest BCUT2D eigenvalue weighted by Gasteiger charge is -2.26. The molecular weight excluding hydrogens is 306 g/mol. The number of nitriles is 1. The number of morpholine rings is 1. The summed E-state index contributed by atoms with van der Waals surface area (Å²) in [6.07, 6.45) is 2.40. The van der Waals surface area contributed by atoms with Crippen LogP contribution < -0.4 is 16.4 Å². The molecule has 1 aromatic carbocycles. The van der Waals surface area contributed by atoms with E-state index in [-0.39, 0.29) is 5.57 Å². The van der Waals surface area contributed by atoms with Crippen molar-refractivity contribution in [1.29, 1.82) is 5.26 Å². The van der Waals surface area contributed by atoms with E-state index in [4.69, 9.17) is 15.7 Å². The summed E-state index contributed by atoms with van der Waals surface area (Å²) >= 11 is 0. The van der Waals surface area contributed by atoms with E-state index in [2.05, 4.69) is 15.5 Å². The Morgan fingerprint density at radius 2 is 2.04 bits per heavy atom. The molecule has 1 aliphatic heterocycles. The number of carbonyl (C=O) groups is 1. The van der Waals surface area contributed by atoms with Crippen LogP contribution in [0.5, 0.6) is 0 Å². The van der Waals surface area contributed by atoms with E-state index in [1.165, 1.54) is 6.20 Å². The summed E-state index contributed by atoms with van der Waals surface area (Å²) in [6, 6.07) is 8.67. The second kappa shape index (κ2) is 9.55. The number of hydrogen-bond donors (Lipinski definition) is 3. The number of nitrogens with one attached hydrogen (secondary N) is 2. The Bertz CT molecular complexity index is 600. The number of amides is 1. The average Bonchev–Trinajstić information content (AvgIpc) is 2.61. The van der Waals surface area contributed by atoms with Gasteiger partial charge in [0.2, 0.25) is 0 Å². The molecule has 1 fully saturated rings. The van der Waals surface area contributed by atoms with E-state index in [0.29, 0.717) is 17.9 Å². The van der Waals surface area contributed by atoms with Crippen LogP contribution in [0.2, 0.25) is 0 Å². The molecule has 7 nitrogen and oxygen atoms in total. The van der Waals surface area contributed by atoms with Gasteiger partial charge in [-0.3, -0.25) is 9.69 Å². The van der Waals surface area contributed by atoms with E-state index >= 15 is 0 Å². The van der Waals surface area contributed by atoms with Crippen LogP contribution in [0.3, 0.4) is 0 Å². The predicted octanol–water partition coefficient (Wildman–Crippen LogP) is 0.927. The third kappa shape index (κ3) is 5.91. The normalized spacial score (nSPS) is 15.5. The fourth-order valence-corrected chi connectivity index (χ4v) is 2.32. The van der Waals surface area contributed by atoms with Gasteiger partial charge in [-0.25, -0.2) is 0 Å². The van der Waals surface area contributed by atoms with Crippen LogP contribution in [0.15, 0.2) is 36.0 Å². The van der Waals surface area contributed by atoms with E-state index < -0.39 is 5.91 Å². The van der Waals surface area contributed by atoms with Gasteiger partial charge in [-0.2, -0.15) is 5.26 Å². The molecule has 1 aliphatic rings. The first-order valence-electron chi connectivity index (χ1n) is 7.99. The van der Waals surface area contributed by atoms with Crippen molar-refractivity contribution < 1.29 is 9.53 Å². The maximum absolute atomic E-state index is 12.0. The monoisotopic (exact) mass is 329 g/mol. The molecule has 0 aromatic heterocycles. The van der Waals surface area contributed by atoms with Crippen molar-refractivity contribution in [3.05, 3.63) is 36.0 Å². The topological polar surface area (TPSA) is 103 Å². The molecule has 1 aromatic rings. The number of ether oxygens (including phenoxy) is 1. The van der Waals surface area contributed by atoms with Crippen LogP contribution in [0.4, 0.5) is 11.4 Å². The summed E-state index contributed by atoms with van der Waals surface area (Å²) in [5, 5.41) is 14.8. The van der Waals surface area contributed by atoms with Crippen molar-refractivity contribution in [3.8, 4) is 6.07 Å². The Labute approximate surface area is 142 Å². The standard InChI is InChI=1S/C17H23N5O2/c18-12-14(17(23)21-16-4-2-15(19)3-5-16)13-20-6-1-7-22-8-10-24-11-9-22/h2-5,13,20H,1,6-11,19H2,(H,21,23)/b14-13-. The van der Waals surface area contributed by atoms with Crippen molar-refractivity contribution >= 4 is 17.3 Å². The molecule has 2 rings (SSSR count). The van der Waals surface area contributed by atoms with Gasteiger partial charge in [0.15, 0.2) is 0 Å². The van der Waals surface area contributed by atoms with Crippen molar-refractivity contribution in [2.75, 3.05) is 50.4 Å². The number of rotatable bonds is 7. The van der Waals surface area contributed by atoms with Crippen LogP contribution in [0, 0.1) is 11.3 Å². The first-order valence-corrected chi connectivity index (χ1v) is 7.99. The zero-order valence-corrected chi connectivity index (χ0v) is 13.6. The molecule has 0 spiro atoms. The molecule has 1 saturated heterocycles. The zero-order chi connectivity index (χ0) is 17.2. The first-order chi connectivity index (χ1) is 11.7. The minimum absolute atomic E-state index is 0.0400. The number of anilines is 2. The van der Waals surface area contributed by atoms with Gasteiger partial charge < -0.3 is 21.1 Å². The van der Waals surface area contributed by atoms with Gasteiger partial charge in [0, 0.05) is 37.2 Å². The lowest BCUT2D eigenvalue weighted by Crippen LogP contribution is -2.37. The molecule has 128 valence electrons. The van der Waals surface area contributed by atoms with Crippen LogP contribution in [-0.4, -0.2) is 50.2 Å². The molecule has 0 unspecified atom stereocenters. The smallest absolute Gasteiger partial charge is 0.267 e. The molecule has 24 heavy (non-hydrogen) atoms.